The number of allylic oxidation sites excluding steroid dienone is 1. The van der Waals surface area contributed by atoms with E-state index in [1.165, 1.54) is 141 Å². The molecule has 0 aromatic carbocycles. The van der Waals surface area contributed by atoms with Gasteiger partial charge >= 0.3 is 0 Å². The summed E-state index contributed by atoms with van der Waals surface area (Å²) in [5.41, 5.74) is 0. The van der Waals surface area contributed by atoms with E-state index in [1.54, 1.807) is 6.08 Å². The summed E-state index contributed by atoms with van der Waals surface area (Å²) in [5, 5.41) is 64.6. The molecule has 10 nitrogen and oxygen atoms in total. The molecule has 0 spiro atoms. The number of unbranched alkanes of at least 4 members (excludes halogenated alkanes) is 27. The molecular formula is C45H87NO9. The molecule has 1 fully saturated rings. The van der Waals surface area contributed by atoms with Crippen molar-refractivity contribution in [1.82, 2.24) is 5.32 Å². The Morgan fingerprint density at radius 1 is 0.618 bits per heavy atom. The third kappa shape index (κ3) is 26.5. The minimum absolute atomic E-state index is 0.301. The van der Waals surface area contributed by atoms with Crippen molar-refractivity contribution in [3.8, 4) is 0 Å². The molecule has 1 aliphatic heterocycles. The van der Waals surface area contributed by atoms with Crippen LogP contribution in [-0.4, -0.2) is 98.7 Å². The number of hydrogen-bond donors (Lipinski definition) is 7. The smallest absolute Gasteiger partial charge is 0.249 e. The summed E-state index contributed by atoms with van der Waals surface area (Å²) in [6.07, 6.45) is 30.0. The molecule has 0 aliphatic carbocycles. The van der Waals surface area contributed by atoms with Crippen molar-refractivity contribution in [2.45, 2.75) is 255 Å². The summed E-state index contributed by atoms with van der Waals surface area (Å²) in [4.78, 5) is 13.0. The van der Waals surface area contributed by atoms with Crippen molar-refractivity contribution in [1.29, 1.82) is 0 Å². The standard InChI is InChI=1S/C45H87NO9/c1-3-5-7-9-11-13-15-17-19-20-22-23-25-27-29-31-33-38(48)37(36-54-45-43(52)42(51)41(50)40(35-47)55-45)46-44(53)39(49)34-32-30-28-26-24-21-18-16-14-12-10-8-6-4-2/h31,33,37-43,45,47-52H,3-30,32,34-36H2,1-2H3,(H,46,53)/b33-31+. The first-order valence-corrected chi connectivity index (χ1v) is 23.0. The highest BCUT2D eigenvalue weighted by atomic mass is 16.7. The van der Waals surface area contributed by atoms with E-state index in [-0.39, 0.29) is 6.61 Å². The van der Waals surface area contributed by atoms with E-state index in [9.17, 15) is 35.4 Å². The summed E-state index contributed by atoms with van der Waals surface area (Å²) < 4.78 is 11.1. The Bertz CT molecular complexity index is 890. The maximum atomic E-state index is 13.0. The molecule has 10 heteroatoms. The van der Waals surface area contributed by atoms with E-state index >= 15 is 0 Å². The van der Waals surface area contributed by atoms with E-state index in [1.807, 2.05) is 6.08 Å². The Kier molecular flexibility index (Phi) is 34.0. The van der Waals surface area contributed by atoms with E-state index < -0.39 is 61.5 Å². The minimum atomic E-state index is -1.61. The molecule has 1 heterocycles. The Labute approximate surface area is 336 Å². The van der Waals surface area contributed by atoms with Crippen LogP contribution in [0.4, 0.5) is 0 Å². The first-order chi connectivity index (χ1) is 26.8. The van der Waals surface area contributed by atoms with Gasteiger partial charge in [0.05, 0.1) is 25.4 Å². The second kappa shape index (κ2) is 36.0. The molecule has 0 radical (unpaired) electrons. The van der Waals surface area contributed by atoms with Gasteiger partial charge in [-0.05, 0) is 19.3 Å². The maximum Gasteiger partial charge on any atom is 0.249 e. The number of aliphatic hydroxyl groups is 6. The van der Waals surface area contributed by atoms with E-state index in [2.05, 4.69) is 19.2 Å². The van der Waals surface area contributed by atoms with E-state index in [0.29, 0.717) is 6.42 Å². The number of hydrogen-bond acceptors (Lipinski definition) is 9. The van der Waals surface area contributed by atoms with Crippen molar-refractivity contribution in [3.63, 3.8) is 0 Å². The number of carbonyl (C=O) groups excluding carboxylic acids is 1. The van der Waals surface area contributed by atoms with Gasteiger partial charge in [-0.2, -0.15) is 0 Å². The van der Waals surface area contributed by atoms with Gasteiger partial charge in [0.25, 0.3) is 0 Å². The monoisotopic (exact) mass is 786 g/mol. The predicted molar refractivity (Wildman–Crippen MR) is 223 cm³/mol. The number of amides is 1. The third-order valence-corrected chi connectivity index (χ3v) is 11.2. The lowest BCUT2D eigenvalue weighted by Gasteiger charge is -2.40. The largest absolute Gasteiger partial charge is 0.394 e. The normalized spacial score (nSPS) is 21.9. The molecule has 55 heavy (non-hydrogen) atoms. The second-order valence-electron chi connectivity index (χ2n) is 16.3. The van der Waals surface area contributed by atoms with Crippen LogP contribution in [0.15, 0.2) is 12.2 Å². The van der Waals surface area contributed by atoms with Crippen LogP contribution in [-0.2, 0) is 14.3 Å². The summed E-state index contributed by atoms with van der Waals surface area (Å²) in [5.74, 6) is -0.614. The Balaban J connectivity index is 2.43. The molecule has 8 atom stereocenters. The average Bonchev–Trinajstić information content (AvgIpc) is 3.18. The average molecular weight is 786 g/mol. The highest BCUT2D eigenvalue weighted by Crippen LogP contribution is 2.23. The lowest BCUT2D eigenvalue weighted by atomic mass is 9.99. The summed E-state index contributed by atoms with van der Waals surface area (Å²) in [6, 6.07) is -0.974. The zero-order valence-corrected chi connectivity index (χ0v) is 35.3. The molecule has 8 unspecified atom stereocenters. The number of ether oxygens (including phenoxy) is 2. The van der Waals surface area contributed by atoms with E-state index in [0.717, 1.165) is 44.9 Å². The van der Waals surface area contributed by atoms with Crippen LogP contribution in [0.1, 0.15) is 206 Å². The zero-order valence-electron chi connectivity index (χ0n) is 35.3. The third-order valence-electron chi connectivity index (χ3n) is 11.2. The highest BCUT2D eigenvalue weighted by Gasteiger charge is 2.44. The van der Waals surface area contributed by atoms with Crippen molar-refractivity contribution in [2.24, 2.45) is 0 Å². The van der Waals surface area contributed by atoms with Gasteiger partial charge in [-0.25, -0.2) is 0 Å². The first kappa shape index (κ1) is 51.9. The molecular weight excluding hydrogens is 698 g/mol. The molecule has 1 saturated heterocycles. The molecule has 0 saturated carbocycles. The van der Waals surface area contributed by atoms with Gasteiger partial charge in [0.1, 0.15) is 30.5 Å². The molecule has 0 bridgehead atoms. The highest BCUT2D eigenvalue weighted by molar-refractivity contribution is 5.80. The van der Waals surface area contributed by atoms with Crippen molar-refractivity contribution in [3.05, 3.63) is 12.2 Å². The molecule has 326 valence electrons. The number of nitrogens with one attached hydrogen (secondary N) is 1. The Hall–Kier alpha value is -1.11. The van der Waals surface area contributed by atoms with Gasteiger partial charge in [-0.1, -0.05) is 199 Å². The quantitative estimate of drug-likeness (QED) is 0.0241. The summed E-state index contributed by atoms with van der Waals surface area (Å²) in [6.45, 7) is 3.61. The molecule has 1 amide bonds. The first-order valence-electron chi connectivity index (χ1n) is 23.0. The van der Waals surface area contributed by atoms with Gasteiger partial charge in [0.15, 0.2) is 6.29 Å². The van der Waals surface area contributed by atoms with Crippen LogP contribution < -0.4 is 5.32 Å². The SMILES string of the molecule is CCCCCCCCCCCCCCCC/C=C/C(O)C(COC1OC(CO)C(O)C(O)C1O)NC(=O)C(O)CCCCCCCCCCCCCCCC. The molecule has 1 rings (SSSR count). The predicted octanol–water partition coefficient (Wildman–Crippen LogP) is 8.31. The molecule has 0 aromatic heterocycles. The van der Waals surface area contributed by atoms with Crippen molar-refractivity contribution >= 4 is 5.91 Å². The van der Waals surface area contributed by atoms with Gasteiger partial charge < -0.3 is 45.4 Å². The lowest BCUT2D eigenvalue weighted by molar-refractivity contribution is -0.302. The van der Waals surface area contributed by atoms with E-state index in [4.69, 9.17) is 9.47 Å². The number of aliphatic hydroxyl groups excluding tert-OH is 6. The van der Waals surface area contributed by atoms with Crippen LogP contribution in [0.2, 0.25) is 0 Å². The fourth-order valence-electron chi connectivity index (χ4n) is 7.40. The Morgan fingerprint density at radius 2 is 1.04 bits per heavy atom. The molecule has 1 aliphatic rings. The van der Waals surface area contributed by atoms with Gasteiger partial charge in [0.2, 0.25) is 5.91 Å². The van der Waals surface area contributed by atoms with Crippen LogP contribution in [0.3, 0.4) is 0 Å². The van der Waals surface area contributed by atoms with Crippen molar-refractivity contribution < 1.29 is 44.9 Å². The Morgan fingerprint density at radius 3 is 1.47 bits per heavy atom. The number of rotatable bonds is 38. The van der Waals surface area contributed by atoms with Crippen LogP contribution in [0, 0.1) is 0 Å². The van der Waals surface area contributed by atoms with Crippen LogP contribution in [0.5, 0.6) is 0 Å². The fourth-order valence-corrected chi connectivity index (χ4v) is 7.40. The topological polar surface area (TPSA) is 169 Å². The molecule has 0 aromatic rings. The lowest BCUT2D eigenvalue weighted by Crippen LogP contribution is -2.60. The fraction of sp³-hybridized carbons (Fsp3) is 0.933. The molecule has 7 N–H and O–H groups in total. The van der Waals surface area contributed by atoms with Crippen LogP contribution in [0.25, 0.3) is 0 Å². The van der Waals surface area contributed by atoms with Gasteiger partial charge in [-0.15, -0.1) is 0 Å². The van der Waals surface area contributed by atoms with Crippen molar-refractivity contribution in [2.75, 3.05) is 13.2 Å². The van der Waals surface area contributed by atoms with Gasteiger partial charge in [-0.3, -0.25) is 4.79 Å². The minimum Gasteiger partial charge on any atom is -0.394 e. The summed E-state index contributed by atoms with van der Waals surface area (Å²) in [7, 11) is 0. The zero-order chi connectivity index (χ0) is 40.4. The maximum absolute atomic E-state index is 13.0. The second-order valence-corrected chi connectivity index (χ2v) is 16.3. The van der Waals surface area contributed by atoms with Crippen LogP contribution >= 0.6 is 0 Å². The summed E-state index contributed by atoms with van der Waals surface area (Å²) >= 11 is 0. The number of carbonyl (C=O) groups is 1. The van der Waals surface area contributed by atoms with Gasteiger partial charge in [0, 0.05) is 0 Å².